The minimum Gasteiger partial charge on any atom is -0.316 e. The van der Waals surface area contributed by atoms with E-state index in [0.29, 0.717) is 5.41 Å². The summed E-state index contributed by atoms with van der Waals surface area (Å²) < 4.78 is 0. The van der Waals surface area contributed by atoms with Gasteiger partial charge in [-0.05, 0) is 57.2 Å². The number of rotatable bonds is 5. The Kier molecular flexibility index (Phi) is 5.30. The second-order valence-corrected chi connectivity index (χ2v) is 6.22. The molecule has 100 valence electrons. The monoisotopic (exact) mass is 238 g/mol. The molecule has 0 bridgehead atoms. The van der Waals surface area contributed by atoms with Crippen LogP contribution in [-0.4, -0.2) is 37.6 Å². The third kappa shape index (κ3) is 3.96. The summed E-state index contributed by atoms with van der Waals surface area (Å²) >= 11 is 0. The van der Waals surface area contributed by atoms with Crippen molar-refractivity contribution in [2.45, 2.75) is 58.3 Å². The fraction of sp³-hybridized carbons (Fsp3) is 1.00. The zero-order valence-corrected chi connectivity index (χ0v) is 11.6. The first-order valence-corrected chi connectivity index (χ1v) is 7.78. The van der Waals surface area contributed by atoms with Crippen molar-refractivity contribution in [3.05, 3.63) is 0 Å². The largest absolute Gasteiger partial charge is 0.316 e. The second kappa shape index (κ2) is 6.75. The molecule has 2 nitrogen and oxygen atoms in total. The van der Waals surface area contributed by atoms with Crippen LogP contribution in [0, 0.1) is 5.41 Å². The van der Waals surface area contributed by atoms with Crippen LogP contribution in [0.1, 0.15) is 58.3 Å². The average Bonchev–Trinajstić information content (AvgIpc) is 2.36. The van der Waals surface area contributed by atoms with Crippen molar-refractivity contribution in [3.8, 4) is 0 Å². The molecule has 2 heterocycles. The maximum absolute atomic E-state index is 3.62. The van der Waals surface area contributed by atoms with E-state index in [4.69, 9.17) is 0 Å². The van der Waals surface area contributed by atoms with Gasteiger partial charge in [-0.2, -0.15) is 0 Å². The first kappa shape index (κ1) is 13.4. The molecule has 0 aromatic rings. The smallest absolute Gasteiger partial charge is 0.00502 e. The Bertz CT molecular complexity index is 203. The van der Waals surface area contributed by atoms with E-state index in [1.807, 2.05) is 0 Å². The molecule has 0 radical (unpaired) electrons. The van der Waals surface area contributed by atoms with Crippen LogP contribution in [0.5, 0.6) is 0 Å². The number of nitrogens with one attached hydrogen (secondary N) is 1. The Morgan fingerprint density at radius 3 is 2.76 bits per heavy atom. The van der Waals surface area contributed by atoms with E-state index < -0.39 is 0 Å². The molecule has 2 saturated heterocycles. The Balaban J connectivity index is 1.72. The molecular formula is C15H30N2. The van der Waals surface area contributed by atoms with E-state index >= 15 is 0 Å². The molecule has 2 aliphatic heterocycles. The van der Waals surface area contributed by atoms with Gasteiger partial charge < -0.3 is 10.2 Å². The highest BCUT2D eigenvalue weighted by Crippen LogP contribution is 2.35. The van der Waals surface area contributed by atoms with Gasteiger partial charge in [0.1, 0.15) is 0 Å². The molecule has 0 aromatic heterocycles. The molecule has 0 aromatic carbocycles. The molecule has 17 heavy (non-hydrogen) atoms. The quantitative estimate of drug-likeness (QED) is 0.741. The van der Waals surface area contributed by atoms with Gasteiger partial charge in [-0.15, -0.1) is 0 Å². The third-order valence-corrected chi connectivity index (χ3v) is 4.63. The van der Waals surface area contributed by atoms with Gasteiger partial charge in [0, 0.05) is 13.1 Å². The van der Waals surface area contributed by atoms with Gasteiger partial charge in [-0.25, -0.2) is 0 Å². The predicted octanol–water partition coefficient (Wildman–Crippen LogP) is 3.03. The number of likely N-dealkylation sites (tertiary alicyclic amines) is 1. The second-order valence-electron chi connectivity index (χ2n) is 6.22. The summed E-state index contributed by atoms with van der Waals surface area (Å²) in [5.74, 6) is 0. The fourth-order valence-electron chi connectivity index (χ4n) is 3.64. The van der Waals surface area contributed by atoms with Crippen molar-refractivity contribution in [2.75, 3.05) is 32.7 Å². The van der Waals surface area contributed by atoms with Crippen LogP contribution >= 0.6 is 0 Å². The maximum Gasteiger partial charge on any atom is 0.00502 e. The molecule has 0 saturated carbocycles. The maximum atomic E-state index is 3.62. The number of piperidine rings is 2. The van der Waals surface area contributed by atoms with E-state index in [1.165, 1.54) is 84.1 Å². The highest BCUT2D eigenvalue weighted by Gasteiger charge is 2.35. The van der Waals surface area contributed by atoms with Crippen molar-refractivity contribution in [2.24, 2.45) is 5.41 Å². The molecular weight excluding hydrogens is 208 g/mol. The van der Waals surface area contributed by atoms with E-state index in [2.05, 4.69) is 17.1 Å². The Morgan fingerprint density at radius 2 is 2.00 bits per heavy atom. The number of hydrogen-bond donors (Lipinski definition) is 1. The van der Waals surface area contributed by atoms with Crippen LogP contribution in [0.2, 0.25) is 0 Å². The summed E-state index contributed by atoms with van der Waals surface area (Å²) in [6.07, 6.45) is 11.4. The predicted molar refractivity (Wildman–Crippen MR) is 74.4 cm³/mol. The van der Waals surface area contributed by atoms with Crippen LogP contribution < -0.4 is 5.32 Å². The third-order valence-electron chi connectivity index (χ3n) is 4.63. The van der Waals surface area contributed by atoms with E-state index in [0.717, 1.165) is 0 Å². The first-order valence-electron chi connectivity index (χ1n) is 7.78. The molecule has 0 aliphatic carbocycles. The zero-order chi connectivity index (χ0) is 12.0. The zero-order valence-electron chi connectivity index (χ0n) is 11.6. The highest BCUT2D eigenvalue weighted by atomic mass is 15.1. The van der Waals surface area contributed by atoms with Crippen LogP contribution in [0.4, 0.5) is 0 Å². The van der Waals surface area contributed by atoms with Gasteiger partial charge in [-0.3, -0.25) is 0 Å². The normalized spacial score (nSPS) is 30.9. The lowest BCUT2D eigenvalue weighted by molar-refractivity contribution is 0.0636. The Hall–Kier alpha value is -0.0800. The summed E-state index contributed by atoms with van der Waals surface area (Å²) in [5, 5.41) is 3.62. The van der Waals surface area contributed by atoms with Gasteiger partial charge in [0.05, 0.1) is 0 Å². The Labute approximate surface area is 107 Å². The summed E-state index contributed by atoms with van der Waals surface area (Å²) in [7, 11) is 0. The van der Waals surface area contributed by atoms with Crippen molar-refractivity contribution in [1.29, 1.82) is 0 Å². The highest BCUT2D eigenvalue weighted by molar-refractivity contribution is 4.91. The molecule has 2 fully saturated rings. The SMILES string of the molecule is CCCCCCN1CCCC2(CCCNC2)C1. The lowest BCUT2D eigenvalue weighted by atomic mass is 9.74. The van der Waals surface area contributed by atoms with Crippen molar-refractivity contribution in [1.82, 2.24) is 10.2 Å². The lowest BCUT2D eigenvalue weighted by Gasteiger charge is -2.45. The van der Waals surface area contributed by atoms with Gasteiger partial charge in [0.15, 0.2) is 0 Å². The van der Waals surface area contributed by atoms with Gasteiger partial charge >= 0.3 is 0 Å². The van der Waals surface area contributed by atoms with Gasteiger partial charge in [0.2, 0.25) is 0 Å². The van der Waals surface area contributed by atoms with Gasteiger partial charge in [0.25, 0.3) is 0 Å². The molecule has 2 heteroatoms. The van der Waals surface area contributed by atoms with Crippen molar-refractivity contribution < 1.29 is 0 Å². The molecule has 1 spiro atoms. The standard InChI is InChI=1S/C15H30N2/c1-2-3-4-5-11-17-12-7-9-15(14-17)8-6-10-16-13-15/h16H,2-14H2,1H3. The lowest BCUT2D eigenvalue weighted by Crippen LogP contribution is -2.51. The summed E-state index contributed by atoms with van der Waals surface area (Å²) in [5.41, 5.74) is 0.640. The molecule has 1 unspecified atom stereocenters. The van der Waals surface area contributed by atoms with Gasteiger partial charge in [-0.1, -0.05) is 26.2 Å². The van der Waals surface area contributed by atoms with E-state index in [1.54, 1.807) is 0 Å². The van der Waals surface area contributed by atoms with E-state index in [9.17, 15) is 0 Å². The molecule has 1 N–H and O–H groups in total. The van der Waals surface area contributed by atoms with E-state index in [-0.39, 0.29) is 0 Å². The number of hydrogen-bond acceptors (Lipinski definition) is 2. The van der Waals surface area contributed by atoms with Crippen LogP contribution in [0.15, 0.2) is 0 Å². The molecule has 2 rings (SSSR count). The average molecular weight is 238 g/mol. The molecule has 2 aliphatic rings. The van der Waals surface area contributed by atoms with Crippen molar-refractivity contribution in [3.63, 3.8) is 0 Å². The molecule has 1 atom stereocenters. The summed E-state index contributed by atoms with van der Waals surface area (Å²) in [6.45, 7) is 8.89. The van der Waals surface area contributed by atoms with Crippen LogP contribution in [0.25, 0.3) is 0 Å². The van der Waals surface area contributed by atoms with Crippen LogP contribution in [-0.2, 0) is 0 Å². The minimum absolute atomic E-state index is 0.640. The van der Waals surface area contributed by atoms with Crippen molar-refractivity contribution >= 4 is 0 Å². The number of unbranched alkanes of at least 4 members (excludes halogenated alkanes) is 3. The fourth-order valence-corrected chi connectivity index (χ4v) is 3.64. The first-order chi connectivity index (χ1) is 8.35. The topological polar surface area (TPSA) is 15.3 Å². The summed E-state index contributed by atoms with van der Waals surface area (Å²) in [4.78, 5) is 2.74. The summed E-state index contributed by atoms with van der Waals surface area (Å²) in [6, 6.07) is 0. The van der Waals surface area contributed by atoms with Crippen LogP contribution in [0.3, 0.4) is 0 Å². The number of nitrogens with zero attached hydrogens (tertiary/aromatic N) is 1. The Morgan fingerprint density at radius 1 is 1.12 bits per heavy atom. The minimum atomic E-state index is 0.640. The molecule has 0 amide bonds.